The van der Waals surface area contributed by atoms with Gasteiger partial charge in [0.15, 0.2) is 6.61 Å². The first kappa shape index (κ1) is 16.1. The molecule has 0 bridgehead atoms. The molecule has 0 spiro atoms. The Morgan fingerprint density at radius 2 is 2.08 bits per heavy atom. The molecule has 0 saturated carbocycles. The van der Waals surface area contributed by atoms with Gasteiger partial charge in [-0.25, -0.2) is 14.6 Å². The zero-order valence-corrected chi connectivity index (χ0v) is 13.8. The molecule has 124 valence electrons. The lowest BCUT2D eigenvalue weighted by Crippen LogP contribution is -2.37. The number of carbonyl (C=O) groups excluding carboxylic acids is 3. The molecule has 3 rings (SSSR count). The molecule has 1 aromatic heterocycles. The summed E-state index contributed by atoms with van der Waals surface area (Å²) in [5.41, 5.74) is 1.34. The fourth-order valence-corrected chi connectivity index (χ4v) is 3.17. The van der Waals surface area contributed by atoms with Crippen LogP contribution in [0.3, 0.4) is 0 Å². The molecule has 0 atom stereocenters. The van der Waals surface area contributed by atoms with Gasteiger partial charge in [0.2, 0.25) is 0 Å². The predicted molar refractivity (Wildman–Crippen MR) is 87.7 cm³/mol. The lowest BCUT2D eigenvalue weighted by molar-refractivity contribution is -0.130. The van der Waals surface area contributed by atoms with Crippen LogP contribution in [0.1, 0.15) is 14.7 Å². The van der Waals surface area contributed by atoms with Gasteiger partial charge >= 0.3 is 12.0 Å². The van der Waals surface area contributed by atoms with Gasteiger partial charge in [-0.3, -0.25) is 9.69 Å². The average Bonchev–Trinajstić information content (AvgIpc) is 3.19. The van der Waals surface area contributed by atoms with Crippen LogP contribution in [0, 0.1) is 6.92 Å². The predicted octanol–water partition coefficient (Wildman–Crippen LogP) is 1.83. The first-order valence-electron chi connectivity index (χ1n) is 7.34. The summed E-state index contributed by atoms with van der Waals surface area (Å²) in [6, 6.07) is 8.83. The van der Waals surface area contributed by atoms with Crippen molar-refractivity contribution >= 4 is 29.2 Å². The van der Waals surface area contributed by atoms with Crippen LogP contribution in [-0.4, -0.2) is 47.5 Å². The molecule has 2 heterocycles. The Balaban J connectivity index is 1.72. The maximum atomic E-state index is 12.3. The summed E-state index contributed by atoms with van der Waals surface area (Å²) in [6.45, 7) is 2.01. The second kappa shape index (κ2) is 6.79. The summed E-state index contributed by atoms with van der Waals surface area (Å²) in [4.78, 5) is 41.4. The molecule has 1 saturated heterocycles. The minimum Gasteiger partial charge on any atom is -0.451 e. The van der Waals surface area contributed by atoms with Crippen molar-refractivity contribution in [1.82, 2.24) is 15.2 Å². The van der Waals surface area contributed by atoms with Crippen molar-refractivity contribution in [2.45, 2.75) is 6.92 Å². The lowest BCUT2D eigenvalue weighted by atomic mass is 10.1. The number of urea groups is 1. The Morgan fingerprint density at radius 1 is 1.33 bits per heavy atom. The number of aryl methyl sites for hydroxylation is 1. The second-order valence-electron chi connectivity index (χ2n) is 5.13. The summed E-state index contributed by atoms with van der Waals surface area (Å²) in [7, 11) is 0. The molecule has 1 aliphatic heterocycles. The number of imide groups is 1. The van der Waals surface area contributed by atoms with Crippen LogP contribution in [0.25, 0.3) is 11.3 Å². The Hall–Kier alpha value is -2.74. The quantitative estimate of drug-likeness (QED) is 0.854. The van der Waals surface area contributed by atoms with Crippen LogP contribution in [0.15, 0.2) is 30.3 Å². The minimum atomic E-state index is -0.618. The third-order valence-electron chi connectivity index (χ3n) is 3.45. The highest BCUT2D eigenvalue weighted by molar-refractivity contribution is 7.14. The average molecular weight is 345 g/mol. The van der Waals surface area contributed by atoms with Crippen LogP contribution in [0.4, 0.5) is 4.79 Å². The summed E-state index contributed by atoms with van der Waals surface area (Å²) >= 11 is 1.21. The van der Waals surface area contributed by atoms with E-state index >= 15 is 0 Å². The maximum Gasteiger partial charge on any atom is 0.351 e. The van der Waals surface area contributed by atoms with E-state index in [-0.39, 0.29) is 6.54 Å². The van der Waals surface area contributed by atoms with Gasteiger partial charge in [-0.05, 0) is 6.92 Å². The van der Waals surface area contributed by atoms with Gasteiger partial charge in [-0.15, -0.1) is 11.3 Å². The number of hydrogen-bond acceptors (Lipinski definition) is 6. The summed E-state index contributed by atoms with van der Waals surface area (Å²) in [5.74, 6) is -1.16. The van der Waals surface area contributed by atoms with Crippen molar-refractivity contribution in [3.8, 4) is 11.3 Å². The molecule has 1 aliphatic rings. The number of nitrogens with zero attached hydrogens (tertiary/aromatic N) is 2. The number of thiazole rings is 1. The van der Waals surface area contributed by atoms with Crippen LogP contribution < -0.4 is 5.32 Å². The molecule has 3 amide bonds. The van der Waals surface area contributed by atoms with E-state index in [0.717, 1.165) is 15.5 Å². The van der Waals surface area contributed by atoms with Crippen LogP contribution in [-0.2, 0) is 9.53 Å². The highest BCUT2D eigenvalue weighted by atomic mass is 32.1. The smallest absolute Gasteiger partial charge is 0.351 e. The zero-order chi connectivity index (χ0) is 17.1. The number of ether oxygens (including phenoxy) is 1. The topological polar surface area (TPSA) is 88.6 Å². The normalized spacial score (nSPS) is 13.7. The Morgan fingerprint density at radius 3 is 2.75 bits per heavy atom. The molecule has 7 nitrogen and oxygen atoms in total. The molecule has 0 unspecified atom stereocenters. The number of benzene rings is 1. The third-order valence-corrected chi connectivity index (χ3v) is 4.40. The zero-order valence-electron chi connectivity index (χ0n) is 12.9. The molecule has 8 heteroatoms. The van der Waals surface area contributed by atoms with Gasteiger partial charge in [0, 0.05) is 18.7 Å². The van der Waals surface area contributed by atoms with Gasteiger partial charge in [0.05, 0.1) is 10.7 Å². The SMILES string of the molecule is Cc1nc(-c2ccccc2)c(C(=O)OCC(=O)N2CCNC2=O)s1. The number of rotatable bonds is 4. The molecule has 1 aromatic carbocycles. The van der Waals surface area contributed by atoms with Gasteiger partial charge in [-0.1, -0.05) is 30.3 Å². The summed E-state index contributed by atoms with van der Waals surface area (Å²) < 4.78 is 5.09. The first-order chi connectivity index (χ1) is 11.6. The van der Waals surface area contributed by atoms with Crippen molar-refractivity contribution in [2.24, 2.45) is 0 Å². The number of esters is 1. The monoisotopic (exact) mass is 345 g/mol. The first-order valence-corrected chi connectivity index (χ1v) is 8.16. The van der Waals surface area contributed by atoms with E-state index < -0.39 is 24.5 Å². The van der Waals surface area contributed by atoms with Crippen molar-refractivity contribution in [1.29, 1.82) is 0 Å². The molecule has 2 aromatic rings. The standard InChI is InChI=1S/C16H15N3O4S/c1-10-18-13(11-5-3-2-4-6-11)14(24-10)15(21)23-9-12(20)19-8-7-17-16(19)22/h2-6H,7-9H2,1H3,(H,17,22). The Labute approximate surface area is 142 Å². The Bertz CT molecular complexity index is 788. The molecular weight excluding hydrogens is 330 g/mol. The lowest BCUT2D eigenvalue weighted by Gasteiger charge is -2.12. The fraction of sp³-hybridized carbons (Fsp3) is 0.250. The molecule has 1 N–H and O–H groups in total. The fourth-order valence-electron chi connectivity index (χ4n) is 2.34. The number of carbonyl (C=O) groups is 3. The van der Waals surface area contributed by atoms with Gasteiger partial charge in [0.1, 0.15) is 4.88 Å². The maximum absolute atomic E-state index is 12.3. The molecule has 24 heavy (non-hydrogen) atoms. The molecular formula is C16H15N3O4S. The Kier molecular flexibility index (Phi) is 4.57. The molecule has 0 radical (unpaired) electrons. The van der Waals surface area contributed by atoms with E-state index in [1.807, 2.05) is 30.3 Å². The van der Waals surface area contributed by atoms with E-state index in [9.17, 15) is 14.4 Å². The number of amides is 3. The van der Waals surface area contributed by atoms with Gasteiger partial charge in [0.25, 0.3) is 5.91 Å². The van der Waals surface area contributed by atoms with Crippen LogP contribution in [0.2, 0.25) is 0 Å². The largest absolute Gasteiger partial charge is 0.451 e. The summed E-state index contributed by atoms with van der Waals surface area (Å²) in [5, 5.41) is 3.25. The van der Waals surface area contributed by atoms with Crippen molar-refractivity contribution in [3.05, 3.63) is 40.2 Å². The van der Waals surface area contributed by atoms with Gasteiger partial charge in [-0.2, -0.15) is 0 Å². The third kappa shape index (κ3) is 3.28. The van der Waals surface area contributed by atoms with Crippen molar-refractivity contribution < 1.29 is 19.1 Å². The van der Waals surface area contributed by atoms with Crippen molar-refractivity contribution in [2.75, 3.05) is 19.7 Å². The van der Waals surface area contributed by atoms with E-state index in [2.05, 4.69) is 10.3 Å². The number of nitrogens with one attached hydrogen (secondary N) is 1. The van der Waals surface area contributed by atoms with E-state index in [0.29, 0.717) is 17.1 Å². The minimum absolute atomic E-state index is 0.282. The summed E-state index contributed by atoms with van der Waals surface area (Å²) in [6.07, 6.45) is 0. The molecule has 1 fully saturated rings. The van der Waals surface area contributed by atoms with Crippen LogP contribution in [0.5, 0.6) is 0 Å². The van der Waals surface area contributed by atoms with E-state index in [4.69, 9.17) is 4.74 Å². The highest BCUT2D eigenvalue weighted by Gasteiger charge is 2.27. The van der Waals surface area contributed by atoms with E-state index in [1.165, 1.54) is 11.3 Å². The van der Waals surface area contributed by atoms with E-state index in [1.54, 1.807) is 6.92 Å². The van der Waals surface area contributed by atoms with Crippen LogP contribution >= 0.6 is 11.3 Å². The molecule has 0 aliphatic carbocycles. The van der Waals surface area contributed by atoms with Crippen molar-refractivity contribution in [3.63, 3.8) is 0 Å². The highest BCUT2D eigenvalue weighted by Crippen LogP contribution is 2.28. The van der Waals surface area contributed by atoms with Gasteiger partial charge < -0.3 is 10.1 Å². The number of hydrogen-bond donors (Lipinski definition) is 1. The second-order valence-corrected chi connectivity index (χ2v) is 6.33. The number of aromatic nitrogens is 1.